The molecule has 2 nitrogen and oxygen atoms in total. The predicted molar refractivity (Wildman–Crippen MR) is 143 cm³/mol. The van der Waals surface area contributed by atoms with Crippen LogP contribution in [0.1, 0.15) is 88.8 Å². The molecule has 0 amide bonds. The van der Waals surface area contributed by atoms with E-state index in [0.717, 1.165) is 32.2 Å². The number of benzene rings is 2. The summed E-state index contributed by atoms with van der Waals surface area (Å²) in [6, 6.07) is 22.2. The smallest absolute Gasteiger partial charge is 0.298 e. The minimum absolute atomic E-state index is 0.266. The van der Waals surface area contributed by atoms with Gasteiger partial charge in [0.2, 0.25) is 0 Å². The van der Waals surface area contributed by atoms with E-state index in [0.29, 0.717) is 24.9 Å². The Balaban J connectivity index is 0.00000145. The molecule has 1 saturated carbocycles. The van der Waals surface area contributed by atoms with Crippen molar-refractivity contribution in [3.63, 3.8) is 0 Å². The van der Waals surface area contributed by atoms with Gasteiger partial charge in [-0.1, -0.05) is 61.5 Å². The monoisotopic (exact) mass is 500 g/mol. The van der Waals surface area contributed by atoms with Gasteiger partial charge in [0, 0.05) is 25.6 Å². The Bertz CT molecular complexity index is 892. The molecule has 3 rings (SSSR count). The lowest BCUT2D eigenvalue weighted by Crippen LogP contribution is -2.41. The van der Waals surface area contributed by atoms with E-state index in [9.17, 15) is 13.2 Å². The highest BCUT2D eigenvalue weighted by Crippen LogP contribution is 2.42. The van der Waals surface area contributed by atoms with Crippen LogP contribution in [0, 0.1) is 17.2 Å². The van der Waals surface area contributed by atoms with Crippen molar-refractivity contribution in [1.82, 2.24) is 4.90 Å². The maximum Gasteiger partial charge on any atom is 0.391 e. The van der Waals surface area contributed by atoms with Crippen LogP contribution in [0.15, 0.2) is 54.6 Å². The van der Waals surface area contributed by atoms with Gasteiger partial charge < -0.3 is 0 Å². The van der Waals surface area contributed by atoms with Crippen LogP contribution in [-0.2, 0) is 12.8 Å². The number of rotatable bonds is 10. The molecule has 5 heteroatoms. The minimum Gasteiger partial charge on any atom is -0.298 e. The number of nitriles is 1. The van der Waals surface area contributed by atoms with E-state index in [1.165, 1.54) is 23.6 Å². The van der Waals surface area contributed by atoms with Gasteiger partial charge in [-0.25, -0.2) is 0 Å². The fourth-order valence-corrected chi connectivity index (χ4v) is 5.41. The van der Waals surface area contributed by atoms with Crippen molar-refractivity contribution < 1.29 is 13.2 Å². The van der Waals surface area contributed by atoms with E-state index < -0.39 is 12.1 Å². The largest absolute Gasteiger partial charge is 0.391 e. The predicted octanol–water partition coefficient (Wildman–Crippen LogP) is 8.72. The maximum absolute atomic E-state index is 12.9. The van der Waals surface area contributed by atoms with Crippen molar-refractivity contribution in [2.24, 2.45) is 5.92 Å². The summed E-state index contributed by atoms with van der Waals surface area (Å²) < 4.78 is 38.8. The van der Waals surface area contributed by atoms with E-state index >= 15 is 0 Å². The molecular weight excluding hydrogens is 457 g/mol. The highest BCUT2D eigenvalue weighted by atomic mass is 19.4. The third kappa shape index (κ3) is 9.62. The summed E-state index contributed by atoms with van der Waals surface area (Å²) in [5.74, 6) is -0.833. The van der Waals surface area contributed by atoms with E-state index in [4.69, 9.17) is 5.26 Å². The summed E-state index contributed by atoms with van der Waals surface area (Å²) in [7, 11) is 0. The maximum atomic E-state index is 12.9. The van der Waals surface area contributed by atoms with Gasteiger partial charge in [-0.2, -0.15) is 18.4 Å². The summed E-state index contributed by atoms with van der Waals surface area (Å²) in [4.78, 5) is 2.64. The molecule has 1 atom stereocenters. The first-order valence-electron chi connectivity index (χ1n) is 13.5. The molecule has 2 aromatic carbocycles. The molecule has 1 unspecified atom stereocenters. The normalized spacial score (nSPS) is 18.9. The van der Waals surface area contributed by atoms with Crippen molar-refractivity contribution in [3.05, 3.63) is 71.3 Å². The van der Waals surface area contributed by atoms with Crippen LogP contribution in [0.25, 0.3) is 0 Å². The fraction of sp³-hybridized carbons (Fsp3) is 0.581. The van der Waals surface area contributed by atoms with Crippen LogP contribution in [0.5, 0.6) is 0 Å². The van der Waals surface area contributed by atoms with E-state index in [2.05, 4.69) is 80.3 Å². The van der Waals surface area contributed by atoms with Crippen molar-refractivity contribution in [2.45, 2.75) is 103 Å². The molecule has 0 N–H and O–H groups in total. The van der Waals surface area contributed by atoms with Crippen LogP contribution in [0.4, 0.5) is 13.2 Å². The molecule has 0 aromatic heterocycles. The highest BCUT2D eigenvalue weighted by molar-refractivity contribution is 5.26. The topological polar surface area (TPSA) is 27.0 Å². The quantitative estimate of drug-likeness (QED) is 0.326. The summed E-state index contributed by atoms with van der Waals surface area (Å²) in [5, 5.41) is 7.32. The molecular formula is C31H43F3N2. The molecule has 1 aliphatic rings. The molecule has 2 aromatic rings. The first-order chi connectivity index (χ1) is 17.2. The summed E-state index contributed by atoms with van der Waals surface area (Å²) in [6.45, 7) is 9.36. The van der Waals surface area contributed by atoms with Gasteiger partial charge in [0.25, 0.3) is 0 Å². The molecule has 36 heavy (non-hydrogen) atoms. The Morgan fingerprint density at radius 1 is 0.917 bits per heavy atom. The third-order valence-corrected chi connectivity index (χ3v) is 7.51. The molecule has 0 spiro atoms. The van der Waals surface area contributed by atoms with Crippen LogP contribution in [0.3, 0.4) is 0 Å². The van der Waals surface area contributed by atoms with E-state index in [1.54, 1.807) is 6.07 Å². The first-order valence-corrected chi connectivity index (χ1v) is 13.5. The molecule has 1 aliphatic carbocycles. The van der Waals surface area contributed by atoms with Gasteiger partial charge in [-0.3, -0.25) is 4.90 Å². The average molecular weight is 501 g/mol. The Labute approximate surface area is 216 Å². The second-order valence-electron chi connectivity index (χ2n) is 10.2. The zero-order chi connectivity index (χ0) is 26.6. The lowest BCUT2D eigenvalue weighted by Gasteiger charge is -2.35. The Hall–Kier alpha value is -2.32. The van der Waals surface area contributed by atoms with Crippen molar-refractivity contribution in [1.29, 1.82) is 5.26 Å². The molecule has 0 bridgehead atoms. The van der Waals surface area contributed by atoms with Gasteiger partial charge in [0.15, 0.2) is 0 Å². The zero-order valence-corrected chi connectivity index (χ0v) is 22.4. The first kappa shape index (κ1) is 29.9. The third-order valence-electron chi connectivity index (χ3n) is 7.51. The molecule has 0 radical (unpaired) electrons. The van der Waals surface area contributed by atoms with Crippen LogP contribution < -0.4 is 0 Å². The molecule has 1 fully saturated rings. The number of aryl methyl sites for hydroxylation is 1. The standard InChI is InChI=1S/C29H40F3N.C2H3N/c1-4-28(33(22(2)3)21-20-23-8-6-5-7-9-23)19-12-24-10-13-25(14-11-24)26-15-17-27(18-16-26)29(30,31)32;1-2-3/h5-11,13-14,22,26-28H,4,12,15-21H2,1-3H3;1H3. The minimum atomic E-state index is -4.03. The lowest BCUT2D eigenvalue weighted by atomic mass is 9.78. The molecule has 0 aliphatic heterocycles. The molecule has 198 valence electrons. The number of halogens is 3. The number of nitrogens with zero attached hydrogens (tertiary/aromatic N) is 2. The summed E-state index contributed by atoms with van der Waals surface area (Å²) in [5.41, 5.74) is 3.92. The van der Waals surface area contributed by atoms with Crippen molar-refractivity contribution >= 4 is 0 Å². The molecule has 0 heterocycles. The Kier molecular flexibility index (Phi) is 12.5. The van der Waals surface area contributed by atoms with E-state index in [1.807, 2.05) is 0 Å². The van der Waals surface area contributed by atoms with Gasteiger partial charge in [0.1, 0.15) is 0 Å². The summed E-state index contributed by atoms with van der Waals surface area (Å²) >= 11 is 0. The second-order valence-corrected chi connectivity index (χ2v) is 10.2. The van der Waals surface area contributed by atoms with E-state index in [-0.39, 0.29) is 18.8 Å². The van der Waals surface area contributed by atoms with Gasteiger partial charge in [-0.15, -0.1) is 0 Å². The van der Waals surface area contributed by atoms with Gasteiger partial charge in [0.05, 0.1) is 12.0 Å². The lowest BCUT2D eigenvalue weighted by molar-refractivity contribution is -0.182. The number of alkyl halides is 3. The molecule has 0 saturated heterocycles. The Morgan fingerprint density at radius 2 is 1.47 bits per heavy atom. The van der Waals surface area contributed by atoms with Crippen LogP contribution in [-0.4, -0.2) is 29.7 Å². The van der Waals surface area contributed by atoms with Gasteiger partial charge >= 0.3 is 6.18 Å². The van der Waals surface area contributed by atoms with Gasteiger partial charge in [-0.05, 0) is 87.8 Å². The average Bonchev–Trinajstić information content (AvgIpc) is 2.87. The Morgan fingerprint density at radius 3 is 1.97 bits per heavy atom. The van der Waals surface area contributed by atoms with Crippen molar-refractivity contribution in [2.75, 3.05) is 6.54 Å². The zero-order valence-electron chi connectivity index (χ0n) is 22.4. The fourth-order valence-electron chi connectivity index (χ4n) is 5.41. The van der Waals surface area contributed by atoms with Crippen LogP contribution in [0.2, 0.25) is 0 Å². The van der Waals surface area contributed by atoms with Crippen molar-refractivity contribution in [3.8, 4) is 6.07 Å². The summed E-state index contributed by atoms with van der Waals surface area (Å²) in [6.07, 6.45) is 2.15. The SMILES string of the molecule is CC#N.CCC(CCc1ccc(C2CCC(C(F)(F)F)CC2)cc1)N(CCc1ccccc1)C(C)C. The number of hydrogen-bond donors (Lipinski definition) is 0. The number of hydrogen-bond acceptors (Lipinski definition) is 2. The highest BCUT2D eigenvalue weighted by Gasteiger charge is 2.41. The van der Waals surface area contributed by atoms with Crippen LogP contribution >= 0.6 is 0 Å². The second kappa shape index (κ2) is 15.1.